The van der Waals surface area contributed by atoms with Gasteiger partial charge in [-0.25, -0.2) is 4.79 Å². The number of likely N-dealkylation sites (tertiary alicyclic amines) is 1. The molecule has 0 atom stereocenters. The Morgan fingerprint density at radius 1 is 0.903 bits per heavy atom. The van der Waals surface area contributed by atoms with Gasteiger partial charge in [-0.15, -0.1) is 0 Å². The van der Waals surface area contributed by atoms with Crippen molar-refractivity contribution in [3.63, 3.8) is 0 Å². The SMILES string of the molecule is CC(=O)N1CCC(Cc2ccc(CN(C(=O)NCc3ccccc3)C3CC3)cc2)CC1. The highest BCUT2D eigenvalue weighted by atomic mass is 16.2. The Bertz CT molecular complexity index is 869. The van der Waals surface area contributed by atoms with Gasteiger partial charge in [-0.2, -0.15) is 0 Å². The van der Waals surface area contributed by atoms with E-state index < -0.39 is 0 Å². The number of hydrogen-bond donors (Lipinski definition) is 1. The van der Waals surface area contributed by atoms with Gasteiger partial charge in [0.1, 0.15) is 0 Å². The van der Waals surface area contributed by atoms with Crippen molar-refractivity contribution in [1.82, 2.24) is 15.1 Å². The van der Waals surface area contributed by atoms with Crippen molar-refractivity contribution < 1.29 is 9.59 Å². The van der Waals surface area contributed by atoms with Gasteiger partial charge in [0.05, 0.1) is 0 Å². The summed E-state index contributed by atoms with van der Waals surface area (Å²) in [6.45, 7) is 4.64. The number of nitrogens with zero attached hydrogens (tertiary/aromatic N) is 2. The molecule has 0 spiro atoms. The van der Waals surface area contributed by atoms with Crippen LogP contribution in [-0.2, 0) is 24.3 Å². The molecule has 1 saturated heterocycles. The normalized spacial score (nSPS) is 16.7. The van der Waals surface area contributed by atoms with E-state index in [2.05, 4.69) is 29.6 Å². The van der Waals surface area contributed by atoms with E-state index in [4.69, 9.17) is 0 Å². The summed E-state index contributed by atoms with van der Waals surface area (Å²) in [4.78, 5) is 28.2. The maximum absolute atomic E-state index is 12.8. The second-order valence-electron chi connectivity index (χ2n) is 8.97. The molecule has 31 heavy (non-hydrogen) atoms. The van der Waals surface area contributed by atoms with E-state index in [0.717, 1.165) is 50.8 Å². The molecule has 0 bridgehead atoms. The molecule has 1 N–H and O–H groups in total. The second-order valence-corrected chi connectivity index (χ2v) is 8.97. The molecular weight excluding hydrogens is 386 g/mol. The van der Waals surface area contributed by atoms with Gasteiger partial charge in [0.25, 0.3) is 0 Å². The summed E-state index contributed by atoms with van der Waals surface area (Å²) in [5.74, 6) is 0.837. The number of rotatable bonds is 7. The first-order valence-corrected chi connectivity index (χ1v) is 11.5. The minimum absolute atomic E-state index is 0.0210. The van der Waals surface area contributed by atoms with Crippen LogP contribution in [0.3, 0.4) is 0 Å². The van der Waals surface area contributed by atoms with Gasteiger partial charge < -0.3 is 15.1 Å². The Hall–Kier alpha value is -2.82. The number of hydrogen-bond acceptors (Lipinski definition) is 2. The van der Waals surface area contributed by atoms with Crippen LogP contribution in [0, 0.1) is 5.92 Å². The first-order valence-electron chi connectivity index (χ1n) is 11.5. The number of carbonyl (C=O) groups excluding carboxylic acids is 2. The van der Waals surface area contributed by atoms with E-state index in [1.807, 2.05) is 40.1 Å². The highest BCUT2D eigenvalue weighted by Gasteiger charge is 2.32. The zero-order chi connectivity index (χ0) is 21.6. The van der Waals surface area contributed by atoms with Crippen molar-refractivity contribution in [1.29, 1.82) is 0 Å². The molecule has 2 aromatic carbocycles. The number of nitrogens with one attached hydrogen (secondary N) is 1. The molecule has 1 aliphatic heterocycles. The van der Waals surface area contributed by atoms with Crippen molar-refractivity contribution >= 4 is 11.9 Å². The first-order chi connectivity index (χ1) is 15.1. The smallest absolute Gasteiger partial charge is 0.318 e. The van der Waals surface area contributed by atoms with Crippen LogP contribution in [0.25, 0.3) is 0 Å². The van der Waals surface area contributed by atoms with E-state index in [1.165, 1.54) is 11.1 Å². The topological polar surface area (TPSA) is 52.7 Å². The second kappa shape index (κ2) is 9.99. The Labute approximate surface area is 185 Å². The third-order valence-corrected chi connectivity index (χ3v) is 6.50. The van der Waals surface area contributed by atoms with Crippen molar-refractivity contribution in [2.24, 2.45) is 5.92 Å². The van der Waals surface area contributed by atoms with E-state index in [9.17, 15) is 9.59 Å². The molecule has 5 heteroatoms. The van der Waals surface area contributed by atoms with E-state index >= 15 is 0 Å². The summed E-state index contributed by atoms with van der Waals surface area (Å²) in [5, 5.41) is 3.08. The molecule has 1 heterocycles. The van der Waals surface area contributed by atoms with Crippen LogP contribution >= 0.6 is 0 Å². The minimum Gasteiger partial charge on any atom is -0.343 e. The molecular formula is C26H33N3O2. The molecule has 164 valence electrons. The highest BCUT2D eigenvalue weighted by molar-refractivity contribution is 5.75. The maximum atomic E-state index is 12.8. The predicted molar refractivity (Wildman–Crippen MR) is 122 cm³/mol. The number of amides is 3. The zero-order valence-corrected chi connectivity index (χ0v) is 18.4. The minimum atomic E-state index is 0.0210. The molecule has 1 aliphatic carbocycles. The van der Waals surface area contributed by atoms with Crippen LogP contribution in [0.15, 0.2) is 54.6 Å². The fraction of sp³-hybridized carbons (Fsp3) is 0.462. The summed E-state index contributed by atoms with van der Waals surface area (Å²) in [6, 6.07) is 19.2. The molecule has 0 aromatic heterocycles. The fourth-order valence-electron chi connectivity index (χ4n) is 4.39. The van der Waals surface area contributed by atoms with E-state index in [0.29, 0.717) is 25.0 Å². The van der Waals surface area contributed by atoms with Crippen LogP contribution in [0.4, 0.5) is 4.79 Å². The van der Waals surface area contributed by atoms with E-state index in [1.54, 1.807) is 6.92 Å². The number of benzene rings is 2. The van der Waals surface area contributed by atoms with Gasteiger partial charge in [-0.3, -0.25) is 4.79 Å². The van der Waals surface area contributed by atoms with Crippen molar-refractivity contribution in [2.45, 2.75) is 58.2 Å². The van der Waals surface area contributed by atoms with Crippen LogP contribution in [0.5, 0.6) is 0 Å². The summed E-state index contributed by atoms with van der Waals surface area (Å²) in [6.07, 6.45) is 5.41. The van der Waals surface area contributed by atoms with Crippen LogP contribution in [-0.4, -0.2) is 40.9 Å². The van der Waals surface area contributed by atoms with Crippen molar-refractivity contribution in [3.8, 4) is 0 Å². The van der Waals surface area contributed by atoms with Gasteiger partial charge in [-0.05, 0) is 54.7 Å². The molecule has 4 rings (SSSR count). The molecule has 1 saturated carbocycles. The van der Waals surface area contributed by atoms with Gasteiger partial charge in [0.15, 0.2) is 0 Å². The molecule has 0 radical (unpaired) electrons. The molecule has 2 aromatic rings. The average Bonchev–Trinajstić information content (AvgIpc) is 3.63. The quantitative estimate of drug-likeness (QED) is 0.725. The molecule has 0 unspecified atom stereocenters. The van der Waals surface area contributed by atoms with Gasteiger partial charge in [0.2, 0.25) is 5.91 Å². The number of carbonyl (C=O) groups is 2. The standard InChI is InChI=1S/C26H33N3O2/c1-20(30)28-15-13-22(14-16-28)17-21-7-9-24(10-8-21)19-29(25-11-12-25)26(31)27-18-23-5-3-2-4-6-23/h2-10,22,25H,11-19H2,1H3,(H,27,31). The Balaban J connectivity index is 1.28. The van der Waals surface area contributed by atoms with Crippen LogP contribution < -0.4 is 5.32 Å². The lowest BCUT2D eigenvalue weighted by atomic mass is 9.90. The van der Waals surface area contributed by atoms with Crippen molar-refractivity contribution in [3.05, 3.63) is 71.3 Å². The van der Waals surface area contributed by atoms with Crippen molar-refractivity contribution in [2.75, 3.05) is 13.1 Å². The Kier molecular flexibility index (Phi) is 6.90. The predicted octanol–water partition coefficient (Wildman–Crippen LogP) is 4.36. The Morgan fingerprint density at radius 3 is 2.16 bits per heavy atom. The Morgan fingerprint density at radius 2 is 1.55 bits per heavy atom. The molecule has 3 amide bonds. The molecule has 5 nitrogen and oxygen atoms in total. The molecule has 2 fully saturated rings. The van der Waals surface area contributed by atoms with E-state index in [-0.39, 0.29) is 11.9 Å². The fourth-order valence-corrected chi connectivity index (χ4v) is 4.39. The lowest BCUT2D eigenvalue weighted by molar-refractivity contribution is -0.130. The summed E-state index contributed by atoms with van der Waals surface area (Å²) in [7, 11) is 0. The summed E-state index contributed by atoms with van der Waals surface area (Å²) >= 11 is 0. The first kappa shape index (κ1) is 21.4. The number of piperidine rings is 1. The van der Waals surface area contributed by atoms with Crippen LogP contribution in [0.1, 0.15) is 49.3 Å². The van der Waals surface area contributed by atoms with Gasteiger partial charge >= 0.3 is 6.03 Å². The van der Waals surface area contributed by atoms with Crippen LogP contribution in [0.2, 0.25) is 0 Å². The lowest BCUT2D eigenvalue weighted by Gasteiger charge is -2.31. The van der Waals surface area contributed by atoms with Gasteiger partial charge in [-0.1, -0.05) is 54.6 Å². The monoisotopic (exact) mass is 419 g/mol. The number of urea groups is 1. The van der Waals surface area contributed by atoms with Gasteiger partial charge in [0, 0.05) is 39.1 Å². The highest BCUT2D eigenvalue weighted by Crippen LogP contribution is 2.29. The lowest BCUT2D eigenvalue weighted by Crippen LogP contribution is -2.40. The summed E-state index contributed by atoms with van der Waals surface area (Å²) in [5.41, 5.74) is 3.64. The summed E-state index contributed by atoms with van der Waals surface area (Å²) < 4.78 is 0. The largest absolute Gasteiger partial charge is 0.343 e. The third-order valence-electron chi connectivity index (χ3n) is 6.50. The maximum Gasteiger partial charge on any atom is 0.318 e. The average molecular weight is 420 g/mol. The third kappa shape index (κ3) is 6.09. The zero-order valence-electron chi connectivity index (χ0n) is 18.4. The molecule has 2 aliphatic rings.